The number of sulfonamides is 1. The number of fused-ring (bicyclic) bond motifs is 1. The van der Waals surface area contributed by atoms with E-state index in [4.69, 9.17) is 4.42 Å². The van der Waals surface area contributed by atoms with E-state index in [0.29, 0.717) is 16.5 Å². The van der Waals surface area contributed by atoms with Gasteiger partial charge in [-0.2, -0.15) is 0 Å². The minimum Gasteiger partial charge on any atom is -0.458 e. The molecule has 2 aromatic carbocycles. The fourth-order valence-corrected chi connectivity index (χ4v) is 4.45. The smallest absolute Gasteiger partial charge is 0.287 e. The third kappa shape index (κ3) is 4.83. The second-order valence-electron chi connectivity index (χ2n) is 7.72. The third-order valence-corrected chi connectivity index (χ3v) is 5.89. The molecule has 0 bridgehead atoms. The van der Waals surface area contributed by atoms with Gasteiger partial charge >= 0.3 is 0 Å². The van der Waals surface area contributed by atoms with E-state index in [1.807, 2.05) is 18.2 Å². The van der Waals surface area contributed by atoms with E-state index in [1.165, 1.54) is 11.8 Å². The molecule has 0 atom stereocenters. The molecule has 0 radical (unpaired) electrons. The van der Waals surface area contributed by atoms with E-state index >= 15 is 0 Å². The van der Waals surface area contributed by atoms with Gasteiger partial charge in [-0.1, -0.05) is 42.5 Å². The van der Waals surface area contributed by atoms with Crippen molar-refractivity contribution >= 4 is 32.4 Å². The van der Waals surface area contributed by atoms with Crippen LogP contribution in [0.25, 0.3) is 10.8 Å². The van der Waals surface area contributed by atoms with Crippen LogP contribution in [0.2, 0.25) is 0 Å². The van der Waals surface area contributed by atoms with Crippen molar-refractivity contribution in [2.45, 2.75) is 25.4 Å². The summed E-state index contributed by atoms with van der Waals surface area (Å²) in [5.41, 5.74) is 1.62. The number of benzene rings is 2. The van der Waals surface area contributed by atoms with Crippen molar-refractivity contribution in [3.05, 3.63) is 66.1 Å². The normalized spacial score (nSPS) is 15.9. The molecule has 0 aliphatic carbocycles. The first kappa shape index (κ1) is 20.4. The van der Waals surface area contributed by atoms with E-state index in [2.05, 4.69) is 27.1 Å². The number of hydrogen-bond acceptors (Lipinski definition) is 5. The number of rotatable bonds is 6. The Morgan fingerprint density at radius 2 is 1.83 bits per heavy atom. The maximum Gasteiger partial charge on any atom is 0.287 e. The summed E-state index contributed by atoms with van der Waals surface area (Å²) >= 11 is 0. The van der Waals surface area contributed by atoms with Gasteiger partial charge in [-0.15, -0.1) is 0 Å². The molecule has 30 heavy (non-hydrogen) atoms. The molecule has 1 aliphatic rings. The van der Waals surface area contributed by atoms with Crippen molar-refractivity contribution in [2.24, 2.45) is 0 Å². The number of nitrogens with zero attached hydrogens (tertiary/aromatic N) is 1. The van der Waals surface area contributed by atoms with Crippen LogP contribution in [0.15, 0.2) is 59.2 Å². The second-order valence-corrected chi connectivity index (χ2v) is 9.47. The van der Waals surface area contributed by atoms with Crippen molar-refractivity contribution < 1.29 is 17.6 Å². The maximum atomic E-state index is 12.9. The molecule has 3 aromatic rings. The number of furan rings is 1. The van der Waals surface area contributed by atoms with Crippen molar-refractivity contribution in [1.82, 2.24) is 10.2 Å². The standard InChI is InChI=1S/C22H25N3O4S/c1-30(27,28)24-19-9-5-8-17-15-29-21(20(17)19)22(26)23-18-10-12-25(13-11-18)14-16-6-3-2-4-7-16/h2-9,15,18,24H,10-14H2,1H3,(H,23,26). The van der Waals surface area contributed by atoms with Crippen LogP contribution in [0.3, 0.4) is 0 Å². The van der Waals surface area contributed by atoms with Crippen molar-refractivity contribution in [1.29, 1.82) is 0 Å². The van der Waals surface area contributed by atoms with Crippen LogP contribution in [-0.4, -0.2) is 44.6 Å². The van der Waals surface area contributed by atoms with E-state index in [9.17, 15) is 13.2 Å². The van der Waals surface area contributed by atoms with Crippen LogP contribution >= 0.6 is 0 Å². The number of anilines is 1. The lowest BCUT2D eigenvalue weighted by Gasteiger charge is -2.32. The molecule has 0 unspecified atom stereocenters. The Hall–Kier alpha value is -2.84. The van der Waals surface area contributed by atoms with Gasteiger partial charge in [-0.3, -0.25) is 14.4 Å². The van der Waals surface area contributed by atoms with Crippen LogP contribution < -0.4 is 10.0 Å². The molecule has 1 aromatic heterocycles. The average Bonchev–Trinajstić information content (AvgIpc) is 3.15. The molecule has 158 valence electrons. The summed E-state index contributed by atoms with van der Waals surface area (Å²) in [6, 6.07) is 15.5. The summed E-state index contributed by atoms with van der Waals surface area (Å²) in [4.78, 5) is 15.3. The summed E-state index contributed by atoms with van der Waals surface area (Å²) < 4.78 is 31.3. The maximum absolute atomic E-state index is 12.9. The molecular formula is C22H25N3O4S. The SMILES string of the molecule is CS(=O)(=O)Nc1cccc2coc(C(=O)NC3CCN(Cc4ccccc4)CC3)c12. The lowest BCUT2D eigenvalue weighted by atomic mass is 10.0. The van der Waals surface area contributed by atoms with Gasteiger partial charge in [-0.25, -0.2) is 8.42 Å². The first-order valence-corrected chi connectivity index (χ1v) is 11.8. The van der Waals surface area contributed by atoms with Crippen LogP contribution in [0.5, 0.6) is 0 Å². The van der Waals surface area contributed by atoms with E-state index in [-0.39, 0.29) is 17.7 Å². The zero-order valence-electron chi connectivity index (χ0n) is 16.8. The molecule has 2 heterocycles. The van der Waals surface area contributed by atoms with Gasteiger partial charge in [0, 0.05) is 31.1 Å². The minimum absolute atomic E-state index is 0.0553. The molecule has 4 rings (SSSR count). The van der Waals surface area contributed by atoms with Crippen LogP contribution in [0.4, 0.5) is 5.69 Å². The Kier molecular flexibility index (Phi) is 5.78. The lowest BCUT2D eigenvalue weighted by Crippen LogP contribution is -2.44. The topological polar surface area (TPSA) is 91.6 Å². The Labute approximate surface area is 176 Å². The van der Waals surface area contributed by atoms with Crippen LogP contribution in [-0.2, 0) is 16.6 Å². The third-order valence-electron chi connectivity index (χ3n) is 5.30. The van der Waals surface area contributed by atoms with E-state index < -0.39 is 10.0 Å². The van der Waals surface area contributed by atoms with Crippen LogP contribution in [0.1, 0.15) is 29.0 Å². The number of piperidine rings is 1. The molecule has 1 saturated heterocycles. The first-order valence-electron chi connectivity index (χ1n) is 9.94. The zero-order valence-corrected chi connectivity index (χ0v) is 17.6. The van der Waals surface area contributed by atoms with Crippen molar-refractivity contribution in [3.8, 4) is 0 Å². The largest absolute Gasteiger partial charge is 0.458 e. The van der Waals surface area contributed by atoms with Gasteiger partial charge < -0.3 is 9.73 Å². The summed E-state index contributed by atoms with van der Waals surface area (Å²) in [5, 5.41) is 4.20. The summed E-state index contributed by atoms with van der Waals surface area (Å²) in [6.45, 7) is 2.71. The first-order chi connectivity index (χ1) is 14.4. The number of carbonyl (C=O) groups excluding carboxylic acids is 1. The monoisotopic (exact) mass is 427 g/mol. The van der Waals surface area contributed by atoms with Crippen molar-refractivity contribution in [3.63, 3.8) is 0 Å². The number of likely N-dealkylation sites (tertiary alicyclic amines) is 1. The van der Waals surface area contributed by atoms with Crippen molar-refractivity contribution in [2.75, 3.05) is 24.1 Å². The molecule has 0 saturated carbocycles. The van der Waals surface area contributed by atoms with Gasteiger partial charge in [0.25, 0.3) is 5.91 Å². The summed E-state index contributed by atoms with van der Waals surface area (Å²) in [5.74, 6) is -0.197. The highest BCUT2D eigenvalue weighted by atomic mass is 32.2. The Morgan fingerprint density at radius 1 is 1.10 bits per heavy atom. The van der Waals surface area contributed by atoms with Gasteiger partial charge in [0.15, 0.2) is 0 Å². The Morgan fingerprint density at radius 3 is 2.53 bits per heavy atom. The molecule has 1 amide bonds. The molecule has 7 nitrogen and oxygen atoms in total. The highest BCUT2D eigenvalue weighted by Gasteiger charge is 2.24. The highest BCUT2D eigenvalue weighted by Crippen LogP contribution is 2.29. The molecule has 8 heteroatoms. The van der Waals surface area contributed by atoms with E-state index in [1.54, 1.807) is 18.2 Å². The molecule has 2 N–H and O–H groups in total. The zero-order chi connectivity index (χ0) is 21.1. The molecule has 1 fully saturated rings. The summed E-state index contributed by atoms with van der Waals surface area (Å²) in [7, 11) is -3.48. The fraction of sp³-hybridized carbons (Fsp3) is 0.318. The molecule has 0 spiro atoms. The van der Waals surface area contributed by atoms with Gasteiger partial charge in [-0.05, 0) is 24.5 Å². The lowest BCUT2D eigenvalue weighted by molar-refractivity contribution is 0.0883. The number of carbonyl (C=O) groups is 1. The number of amides is 1. The van der Waals surface area contributed by atoms with Gasteiger partial charge in [0.2, 0.25) is 15.8 Å². The predicted molar refractivity (Wildman–Crippen MR) is 117 cm³/mol. The number of hydrogen-bond donors (Lipinski definition) is 2. The predicted octanol–water partition coefficient (Wildman–Crippen LogP) is 3.20. The Balaban J connectivity index is 1.42. The molecular weight excluding hydrogens is 402 g/mol. The molecule has 1 aliphatic heterocycles. The summed E-state index contributed by atoms with van der Waals surface area (Å²) in [6.07, 6.45) is 4.26. The second kappa shape index (κ2) is 8.49. The quantitative estimate of drug-likeness (QED) is 0.630. The van der Waals surface area contributed by atoms with Crippen LogP contribution in [0, 0.1) is 0 Å². The number of nitrogens with one attached hydrogen (secondary N) is 2. The average molecular weight is 428 g/mol. The van der Waals surface area contributed by atoms with Gasteiger partial charge in [0.05, 0.1) is 23.6 Å². The highest BCUT2D eigenvalue weighted by molar-refractivity contribution is 7.92. The van der Waals surface area contributed by atoms with E-state index in [0.717, 1.165) is 38.7 Å². The fourth-order valence-electron chi connectivity index (χ4n) is 3.88. The minimum atomic E-state index is -3.48. The Bertz CT molecular complexity index is 1130. The van der Waals surface area contributed by atoms with Gasteiger partial charge in [0.1, 0.15) is 0 Å².